The van der Waals surface area contributed by atoms with E-state index in [4.69, 9.17) is 23.7 Å². The number of halogens is 1. The molecule has 1 unspecified atom stereocenters. The molecule has 1 fully saturated rings. The molecule has 48 heavy (non-hydrogen) atoms. The summed E-state index contributed by atoms with van der Waals surface area (Å²) in [5.74, 6) is 0.485. The molecule has 5 aromatic rings. The quantitative estimate of drug-likeness (QED) is 0.102. The maximum atomic E-state index is 6.85. The van der Waals surface area contributed by atoms with Gasteiger partial charge in [0.2, 0.25) is 0 Å². The van der Waals surface area contributed by atoms with Crippen LogP contribution in [0.5, 0.6) is 0 Å². The van der Waals surface area contributed by atoms with E-state index in [1.165, 1.54) is 5.56 Å². The number of rotatable bonds is 15. The molecule has 246 valence electrons. The molecule has 1 heterocycles. The lowest BCUT2D eigenvalue weighted by Gasteiger charge is -2.45. The third kappa shape index (κ3) is 9.10. The second-order valence-corrected chi connectivity index (χ2v) is 12.4. The predicted octanol–water partition coefficient (Wildman–Crippen LogP) is 9.51. The van der Waals surface area contributed by atoms with Gasteiger partial charge in [-0.05, 0) is 33.4 Å². The Morgan fingerprint density at radius 2 is 0.958 bits per heavy atom. The number of hydrogen-bond donors (Lipinski definition) is 0. The predicted molar refractivity (Wildman–Crippen MR) is 192 cm³/mol. The van der Waals surface area contributed by atoms with Crippen molar-refractivity contribution < 1.29 is 23.7 Å². The first-order chi connectivity index (χ1) is 23.7. The van der Waals surface area contributed by atoms with Crippen molar-refractivity contribution in [2.45, 2.75) is 62.3 Å². The minimum atomic E-state index is -0.587. The second-order valence-electron chi connectivity index (χ2n) is 11.9. The number of benzene rings is 5. The summed E-state index contributed by atoms with van der Waals surface area (Å²) in [6.45, 7) is 5.90. The fourth-order valence-corrected chi connectivity index (χ4v) is 6.25. The zero-order valence-electron chi connectivity index (χ0n) is 26.9. The lowest BCUT2D eigenvalue weighted by atomic mass is 9.90. The zero-order valence-corrected chi connectivity index (χ0v) is 28.5. The van der Waals surface area contributed by atoms with Crippen molar-refractivity contribution in [2.24, 2.45) is 0 Å². The van der Waals surface area contributed by atoms with Gasteiger partial charge < -0.3 is 23.7 Å². The topological polar surface area (TPSA) is 46.2 Å². The summed E-state index contributed by atoms with van der Waals surface area (Å²) in [7, 11) is 0. The van der Waals surface area contributed by atoms with Gasteiger partial charge in [-0.15, -0.1) is 0 Å². The molecule has 0 aromatic heterocycles. The molecule has 5 atom stereocenters. The molecule has 1 saturated heterocycles. The monoisotopic (exact) mass is 704 g/mol. The molecule has 6 heteroatoms. The molecule has 5 aromatic carbocycles. The van der Waals surface area contributed by atoms with Crippen LogP contribution in [0.4, 0.5) is 0 Å². The third-order valence-electron chi connectivity index (χ3n) is 8.43. The Hall–Kier alpha value is -4.04. The van der Waals surface area contributed by atoms with Gasteiger partial charge in [0.1, 0.15) is 30.2 Å². The minimum Gasteiger partial charge on any atom is -0.487 e. The highest BCUT2D eigenvalue weighted by molar-refractivity contribution is 9.08. The zero-order chi connectivity index (χ0) is 33.0. The van der Waals surface area contributed by atoms with Crippen molar-refractivity contribution in [2.75, 3.05) is 0 Å². The summed E-state index contributed by atoms with van der Waals surface area (Å²) in [6.07, 6.45) is -2.79. The summed E-state index contributed by atoms with van der Waals surface area (Å²) in [4.78, 5) is 0. The Labute approximate surface area is 292 Å². The summed E-state index contributed by atoms with van der Waals surface area (Å²) >= 11 is 3.58. The molecule has 0 saturated carbocycles. The number of ether oxygens (including phenoxy) is 5. The number of hydrogen-bond acceptors (Lipinski definition) is 5. The molecule has 1 aliphatic heterocycles. The van der Waals surface area contributed by atoms with Crippen LogP contribution in [0, 0.1) is 0 Å². The molecular weight excluding hydrogens is 664 g/mol. The fourth-order valence-electron chi connectivity index (χ4n) is 5.88. The summed E-state index contributed by atoms with van der Waals surface area (Å²) < 4.78 is 33.8. The average molecular weight is 706 g/mol. The Morgan fingerprint density at radius 3 is 1.44 bits per heavy atom. The molecule has 0 radical (unpaired) electrons. The maximum Gasteiger partial charge on any atom is 0.157 e. The molecule has 0 spiro atoms. The van der Waals surface area contributed by atoms with Gasteiger partial charge >= 0.3 is 0 Å². The van der Waals surface area contributed by atoms with E-state index < -0.39 is 30.5 Å². The van der Waals surface area contributed by atoms with Crippen molar-refractivity contribution in [3.8, 4) is 0 Å². The number of alkyl halides is 1. The van der Waals surface area contributed by atoms with Gasteiger partial charge in [-0.25, -0.2) is 0 Å². The van der Waals surface area contributed by atoms with E-state index in [1.807, 2.05) is 84.9 Å². The highest BCUT2D eigenvalue weighted by atomic mass is 79.9. The first kappa shape index (κ1) is 33.8. The lowest BCUT2D eigenvalue weighted by Crippen LogP contribution is -2.56. The first-order valence-electron chi connectivity index (χ1n) is 16.3. The largest absolute Gasteiger partial charge is 0.487 e. The molecule has 0 N–H and O–H groups in total. The maximum absolute atomic E-state index is 6.85. The van der Waals surface area contributed by atoms with Crippen LogP contribution in [0.15, 0.2) is 158 Å². The van der Waals surface area contributed by atoms with Crippen molar-refractivity contribution >= 4 is 15.9 Å². The lowest BCUT2D eigenvalue weighted by molar-refractivity contribution is -0.237. The molecule has 0 aliphatic carbocycles. The first-order valence-corrected chi connectivity index (χ1v) is 17.4. The van der Waals surface area contributed by atoms with Gasteiger partial charge in [-0.3, -0.25) is 0 Å². The van der Waals surface area contributed by atoms with E-state index in [2.05, 4.69) is 83.2 Å². The summed E-state index contributed by atoms with van der Waals surface area (Å²) in [5.41, 5.74) is 6.37. The van der Waals surface area contributed by atoms with Crippen molar-refractivity contribution in [3.63, 3.8) is 0 Å². The van der Waals surface area contributed by atoms with E-state index in [-0.39, 0.29) is 0 Å². The van der Waals surface area contributed by atoms with Gasteiger partial charge in [0.25, 0.3) is 0 Å². The van der Waals surface area contributed by atoms with Crippen LogP contribution < -0.4 is 0 Å². The Balaban J connectivity index is 1.37. The molecule has 1 aliphatic rings. The van der Waals surface area contributed by atoms with Gasteiger partial charge in [0.05, 0.1) is 26.4 Å². The van der Waals surface area contributed by atoms with E-state index in [0.717, 1.165) is 33.1 Å². The van der Waals surface area contributed by atoms with Crippen LogP contribution >= 0.6 is 15.9 Å². The summed E-state index contributed by atoms with van der Waals surface area (Å²) in [6, 6.07) is 49.0. The normalized spacial score (nSPS) is 19.8. The van der Waals surface area contributed by atoms with Crippen molar-refractivity contribution in [1.82, 2.24) is 0 Å². The Bertz CT molecular complexity index is 1670. The third-order valence-corrected chi connectivity index (χ3v) is 9.07. The average Bonchev–Trinajstić information content (AvgIpc) is 3.15. The van der Waals surface area contributed by atoms with Crippen molar-refractivity contribution in [3.05, 3.63) is 191 Å². The Kier molecular flexibility index (Phi) is 12.3. The van der Waals surface area contributed by atoms with E-state index in [1.54, 1.807) is 0 Å². The molecule has 0 bridgehead atoms. The Morgan fingerprint density at radius 1 is 0.521 bits per heavy atom. The van der Waals surface area contributed by atoms with E-state index in [0.29, 0.717) is 32.2 Å². The molecule has 0 amide bonds. The molecular formula is C42H41BrO5. The van der Waals surface area contributed by atoms with Crippen LogP contribution in [-0.4, -0.2) is 24.4 Å². The van der Waals surface area contributed by atoms with Crippen LogP contribution in [0.3, 0.4) is 0 Å². The molecule has 6 rings (SSSR count). The van der Waals surface area contributed by atoms with Crippen LogP contribution in [0.1, 0.15) is 39.5 Å². The summed E-state index contributed by atoms with van der Waals surface area (Å²) in [5, 5.41) is 0.762. The second kappa shape index (κ2) is 17.4. The molecule has 5 nitrogen and oxygen atoms in total. The smallest absolute Gasteiger partial charge is 0.157 e. The minimum absolute atomic E-state index is 0.363. The van der Waals surface area contributed by atoms with Crippen LogP contribution in [0.25, 0.3) is 0 Å². The van der Waals surface area contributed by atoms with Crippen LogP contribution in [0.2, 0.25) is 0 Å². The standard InChI is InChI=1S/C42H41BrO5/c1-31-38(44-27-33-14-6-2-7-15-33)40(46-29-35-18-10-4-11-19-35)41(47-30-36-20-12-5-13-21-36)42(48-31)39(37-24-22-32(26-43)23-25-37)45-28-34-16-8-3-9-17-34/h2-25,38-42H,1,26-30H2/t38-,39?,40-,41+,42+/m0/s1. The highest BCUT2D eigenvalue weighted by Crippen LogP contribution is 2.39. The van der Waals surface area contributed by atoms with E-state index >= 15 is 0 Å². The van der Waals surface area contributed by atoms with Gasteiger partial charge in [0, 0.05) is 5.33 Å². The highest BCUT2D eigenvalue weighted by Gasteiger charge is 2.49. The van der Waals surface area contributed by atoms with E-state index in [9.17, 15) is 0 Å². The SMILES string of the molecule is C=C1O[C@H](C(OCc2ccccc2)c2ccc(CBr)cc2)[C@H](OCc2ccccc2)[C@@H](OCc2ccccc2)[C@H]1OCc1ccccc1. The fraction of sp³-hybridized carbons (Fsp3) is 0.238. The van der Waals surface area contributed by atoms with Gasteiger partial charge in [0.15, 0.2) is 6.10 Å². The van der Waals surface area contributed by atoms with Crippen LogP contribution in [-0.2, 0) is 55.4 Å². The van der Waals surface area contributed by atoms with Crippen molar-refractivity contribution in [1.29, 1.82) is 0 Å². The van der Waals surface area contributed by atoms with Gasteiger partial charge in [-0.1, -0.05) is 168 Å². The van der Waals surface area contributed by atoms with Gasteiger partial charge in [-0.2, -0.15) is 0 Å².